The standard InChI is InChI=1S/C18H19N3O8/c1-9-15(27-17(23)25-3)13(11-5-4-6-12-14(11)21-29-20-12)16(10(2)19-9)28-18(24)26-8-7-22/h4-6,13,19,22H,7-8H2,1-3H3. The first-order valence-electron chi connectivity index (χ1n) is 8.57. The zero-order valence-corrected chi connectivity index (χ0v) is 15.9. The summed E-state index contributed by atoms with van der Waals surface area (Å²) in [5.74, 6) is -0.594. The number of carbonyl (C=O) groups is 2. The molecule has 0 bridgehead atoms. The third kappa shape index (κ3) is 4.14. The molecule has 1 atom stereocenters. The second kappa shape index (κ2) is 8.61. The van der Waals surface area contributed by atoms with Gasteiger partial charge in [0.1, 0.15) is 35.1 Å². The summed E-state index contributed by atoms with van der Waals surface area (Å²) in [6.07, 6.45) is -1.97. The van der Waals surface area contributed by atoms with Crippen molar-refractivity contribution in [2.24, 2.45) is 0 Å². The topological polar surface area (TPSA) is 142 Å². The van der Waals surface area contributed by atoms with Gasteiger partial charge in [-0.1, -0.05) is 12.1 Å². The fraction of sp³-hybridized carbons (Fsp3) is 0.333. The van der Waals surface area contributed by atoms with Crippen molar-refractivity contribution in [2.45, 2.75) is 19.8 Å². The van der Waals surface area contributed by atoms with E-state index < -0.39 is 18.2 Å². The SMILES string of the molecule is COC(=O)OC1=C(C)NC(C)=C(OC(=O)OCCO)C1c1cccc2nonc12. The number of carbonyl (C=O) groups excluding carboxylic acids is 2. The van der Waals surface area contributed by atoms with Gasteiger partial charge in [0.15, 0.2) is 0 Å². The summed E-state index contributed by atoms with van der Waals surface area (Å²) in [6.45, 7) is 2.79. The molecule has 1 aliphatic heterocycles. The average Bonchev–Trinajstić information content (AvgIpc) is 3.19. The highest BCUT2D eigenvalue weighted by Gasteiger charge is 2.37. The summed E-state index contributed by atoms with van der Waals surface area (Å²) in [7, 11) is 1.18. The Morgan fingerprint density at radius 1 is 1.14 bits per heavy atom. The van der Waals surface area contributed by atoms with Gasteiger partial charge in [0.2, 0.25) is 0 Å². The molecule has 0 radical (unpaired) electrons. The number of ether oxygens (including phenoxy) is 4. The Morgan fingerprint density at radius 3 is 2.48 bits per heavy atom. The van der Waals surface area contributed by atoms with E-state index in [1.807, 2.05) is 0 Å². The number of rotatable bonds is 5. The van der Waals surface area contributed by atoms with Crippen LogP contribution in [0.5, 0.6) is 0 Å². The molecule has 0 spiro atoms. The number of aromatic nitrogens is 2. The van der Waals surface area contributed by atoms with Gasteiger partial charge in [0, 0.05) is 5.56 Å². The molecule has 0 aliphatic carbocycles. The molecule has 2 N–H and O–H groups in total. The van der Waals surface area contributed by atoms with Crippen LogP contribution in [-0.4, -0.2) is 48.1 Å². The Kier molecular flexibility index (Phi) is 5.98. The van der Waals surface area contributed by atoms with E-state index in [1.165, 1.54) is 7.11 Å². The fourth-order valence-electron chi connectivity index (χ4n) is 2.95. The largest absolute Gasteiger partial charge is 0.513 e. The second-order valence-electron chi connectivity index (χ2n) is 6.00. The molecular weight excluding hydrogens is 386 g/mol. The predicted octanol–water partition coefficient (Wildman–Crippen LogP) is 2.30. The Hall–Kier alpha value is -3.60. The van der Waals surface area contributed by atoms with Gasteiger partial charge in [-0.2, -0.15) is 0 Å². The van der Waals surface area contributed by atoms with Gasteiger partial charge in [0.05, 0.1) is 25.1 Å². The molecule has 1 aromatic heterocycles. The smallest absolute Gasteiger partial charge is 0.437 e. The van der Waals surface area contributed by atoms with E-state index >= 15 is 0 Å². The minimum atomic E-state index is -1.03. The highest BCUT2D eigenvalue weighted by atomic mass is 16.7. The molecule has 1 unspecified atom stereocenters. The van der Waals surface area contributed by atoms with Gasteiger partial charge >= 0.3 is 12.3 Å². The highest BCUT2D eigenvalue weighted by Crippen LogP contribution is 2.41. The van der Waals surface area contributed by atoms with E-state index in [1.54, 1.807) is 32.0 Å². The molecule has 3 rings (SSSR count). The number of dihydropyridines is 1. The third-order valence-corrected chi connectivity index (χ3v) is 4.13. The van der Waals surface area contributed by atoms with Gasteiger partial charge in [-0.05, 0) is 30.2 Å². The van der Waals surface area contributed by atoms with Crippen molar-refractivity contribution in [2.75, 3.05) is 20.3 Å². The van der Waals surface area contributed by atoms with E-state index in [9.17, 15) is 9.59 Å². The molecule has 1 aromatic carbocycles. The first-order chi connectivity index (χ1) is 14.0. The minimum absolute atomic E-state index is 0.118. The number of hydrogen-bond acceptors (Lipinski definition) is 11. The molecule has 11 nitrogen and oxygen atoms in total. The fourth-order valence-corrected chi connectivity index (χ4v) is 2.95. The third-order valence-electron chi connectivity index (χ3n) is 4.13. The van der Waals surface area contributed by atoms with Crippen molar-refractivity contribution in [1.82, 2.24) is 15.6 Å². The van der Waals surface area contributed by atoms with E-state index in [-0.39, 0.29) is 24.7 Å². The van der Waals surface area contributed by atoms with Gasteiger partial charge in [-0.15, -0.1) is 0 Å². The van der Waals surface area contributed by atoms with Gasteiger partial charge in [-0.3, -0.25) is 0 Å². The van der Waals surface area contributed by atoms with Crippen LogP contribution in [0.3, 0.4) is 0 Å². The molecule has 1 aliphatic rings. The summed E-state index contributed by atoms with van der Waals surface area (Å²) in [5, 5.41) is 19.6. The summed E-state index contributed by atoms with van der Waals surface area (Å²) in [5.41, 5.74) is 2.38. The first-order valence-corrected chi connectivity index (χ1v) is 8.57. The van der Waals surface area contributed by atoms with Gasteiger partial charge in [0.25, 0.3) is 0 Å². The summed E-state index contributed by atoms with van der Waals surface area (Å²) in [4.78, 5) is 23.9. The number of aliphatic hydroxyl groups excluding tert-OH is 1. The van der Waals surface area contributed by atoms with Crippen LogP contribution in [0.25, 0.3) is 11.0 Å². The number of allylic oxidation sites excluding steroid dienone is 2. The quantitative estimate of drug-likeness (QED) is 0.707. The van der Waals surface area contributed by atoms with Crippen molar-refractivity contribution in [3.8, 4) is 0 Å². The Bertz CT molecular complexity index is 994. The molecule has 154 valence electrons. The number of benzene rings is 1. The number of nitrogens with zero attached hydrogens (tertiary/aromatic N) is 2. The maximum atomic E-state index is 12.1. The van der Waals surface area contributed by atoms with E-state index in [0.29, 0.717) is 28.0 Å². The average molecular weight is 405 g/mol. The lowest BCUT2D eigenvalue weighted by atomic mass is 9.89. The summed E-state index contributed by atoms with van der Waals surface area (Å²) < 4.78 is 25.0. The van der Waals surface area contributed by atoms with Crippen LogP contribution in [0, 0.1) is 0 Å². The number of fused-ring (bicyclic) bond motifs is 1. The molecule has 0 amide bonds. The van der Waals surface area contributed by atoms with Gasteiger partial charge in [-0.25, -0.2) is 14.2 Å². The molecule has 0 saturated carbocycles. The van der Waals surface area contributed by atoms with Crippen molar-refractivity contribution in [3.63, 3.8) is 0 Å². The number of aliphatic hydroxyl groups is 1. The Balaban J connectivity index is 2.10. The summed E-state index contributed by atoms with van der Waals surface area (Å²) in [6, 6.07) is 5.12. The van der Waals surface area contributed by atoms with Crippen LogP contribution in [0.4, 0.5) is 9.59 Å². The van der Waals surface area contributed by atoms with Crippen LogP contribution in [0.1, 0.15) is 25.3 Å². The molecule has 29 heavy (non-hydrogen) atoms. The monoisotopic (exact) mass is 405 g/mol. The van der Waals surface area contributed by atoms with Crippen LogP contribution >= 0.6 is 0 Å². The van der Waals surface area contributed by atoms with E-state index in [2.05, 4.69) is 20.4 Å². The first kappa shape index (κ1) is 20.1. The predicted molar refractivity (Wildman–Crippen MR) is 96.1 cm³/mol. The molecule has 2 heterocycles. The molecule has 2 aromatic rings. The van der Waals surface area contributed by atoms with Crippen molar-refractivity contribution >= 4 is 23.3 Å². The van der Waals surface area contributed by atoms with Crippen LogP contribution in [0.2, 0.25) is 0 Å². The number of methoxy groups -OCH3 is 1. The Morgan fingerprint density at radius 2 is 1.83 bits per heavy atom. The van der Waals surface area contributed by atoms with Crippen molar-refractivity contribution in [3.05, 3.63) is 46.7 Å². The number of nitrogens with one attached hydrogen (secondary N) is 1. The normalized spacial score (nSPS) is 16.5. The van der Waals surface area contributed by atoms with E-state index in [4.69, 9.17) is 23.9 Å². The zero-order valence-electron chi connectivity index (χ0n) is 15.9. The van der Waals surface area contributed by atoms with E-state index in [0.717, 1.165) is 0 Å². The van der Waals surface area contributed by atoms with Crippen molar-refractivity contribution < 1.29 is 38.3 Å². The lowest BCUT2D eigenvalue weighted by Gasteiger charge is -2.30. The zero-order chi connectivity index (χ0) is 21.0. The Labute approximate surface area is 164 Å². The maximum absolute atomic E-state index is 12.1. The molecule has 0 fully saturated rings. The van der Waals surface area contributed by atoms with Crippen LogP contribution < -0.4 is 5.32 Å². The minimum Gasteiger partial charge on any atom is -0.437 e. The lowest BCUT2D eigenvalue weighted by molar-refractivity contribution is 0.0548. The van der Waals surface area contributed by atoms with Crippen LogP contribution in [-0.2, 0) is 18.9 Å². The van der Waals surface area contributed by atoms with Gasteiger partial charge < -0.3 is 29.4 Å². The maximum Gasteiger partial charge on any atom is 0.513 e. The molecular formula is C18H19N3O8. The molecule has 0 saturated heterocycles. The second-order valence-corrected chi connectivity index (χ2v) is 6.00. The number of hydrogen-bond donors (Lipinski definition) is 2. The lowest BCUT2D eigenvalue weighted by Crippen LogP contribution is -2.29. The molecule has 11 heteroatoms. The highest BCUT2D eigenvalue weighted by molar-refractivity contribution is 5.79. The van der Waals surface area contributed by atoms with Crippen molar-refractivity contribution in [1.29, 1.82) is 0 Å². The van der Waals surface area contributed by atoms with Crippen LogP contribution in [0.15, 0.2) is 45.7 Å². The summed E-state index contributed by atoms with van der Waals surface area (Å²) >= 11 is 0.